The van der Waals surface area contributed by atoms with Crippen LogP contribution in [0.25, 0.3) is 0 Å². The molecule has 0 aliphatic carbocycles. The van der Waals surface area contributed by atoms with Crippen LogP contribution in [0.1, 0.15) is 17.3 Å². The average molecular weight is 224 g/mol. The van der Waals surface area contributed by atoms with Gasteiger partial charge in [0.2, 0.25) is 0 Å². The van der Waals surface area contributed by atoms with Gasteiger partial charge in [-0.05, 0) is 31.2 Å². The van der Waals surface area contributed by atoms with Gasteiger partial charge in [-0.3, -0.25) is 0 Å². The Morgan fingerprint density at radius 3 is 2.31 bits per heavy atom. The molecule has 86 valence electrons. The minimum absolute atomic E-state index is 0.0533. The Morgan fingerprint density at radius 2 is 1.81 bits per heavy atom. The van der Waals surface area contributed by atoms with E-state index in [1.54, 1.807) is 0 Å². The predicted octanol–water partition coefficient (Wildman–Crippen LogP) is 1.11. The van der Waals surface area contributed by atoms with Crippen LogP contribution in [0.3, 0.4) is 0 Å². The third kappa shape index (κ3) is 2.98. The highest BCUT2D eigenvalue weighted by atomic mass is 16.6. The van der Waals surface area contributed by atoms with Gasteiger partial charge in [-0.1, -0.05) is 0 Å². The van der Waals surface area contributed by atoms with Gasteiger partial charge >= 0.3 is 11.9 Å². The summed E-state index contributed by atoms with van der Waals surface area (Å²) in [4.78, 5) is 22.5. The van der Waals surface area contributed by atoms with Crippen molar-refractivity contribution in [1.29, 1.82) is 0 Å². The molecule has 0 aromatic heterocycles. The number of ether oxygens (including phenoxy) is 2. The van der Waals surface area contributed by atoms with E-state index in [0.29, 0.717) is 0 Å². The largest absolute Gasteiger partial charge is 0.508 e. The zero-order chi connectivity index (χ0) is 12.1. The van der Waals surface area contributed by atoms with Crippen molar-refractivity contribution in [2.24, 2.45) is 0 Å². The van der Waals surface area contributed by atoms with Gasteiger partial charge in [0.1, 0.15) is 5.75 Å². The van der Waals surface area contributed by atoms with Gasteiger partial charge in [0.15, 0.2) is 6.10 Å². The molecular weight excluding hydrogens is 212 g/mol. The number of hydrogen-bond acceptors (Lipinski definition) is 5. The summed E-state index contributed by atoms with van der Waals surface area (Å²) in [5.74, 6) is -1.21. The molecule has 1 rings (SSSR count). The molecule has 5 heteroatoms. The second-order valence-electron chi connectivity index (χ2n) is 3.12. The van der Waals surface area contributed by atoms with Gasteiger partial charge in [0, 0.05) is 0 Å². The summed E-state index contributed by atoms with van der Waals surface area (Å²) < 4.78 is 9.25. The zero-order valence-electron chi connectivity index (χ0n) is 8.97. The lowest BCUT2D eigenvalue weighted by Gasteiger charge is -2.10. The number of rotatable bonds is 3. The van der Waals surface area contributed by atoms with Crippen molar-refractivity contribution in [3.8, 4) is 5.75 Å². The van der Waals surface area contributed by atoms with E-state index in [4.69, 9.17) is 9.84 Å². The maximum atomic E-state index is 11.5. The van der Waals surface area contributed by atoms with E-state index in [9.17, 15) is 9.59 Å². The van der Waals surface area contributed by atoms with Crippen LogP contribution in [0.5, 0.6) is 5.75 Å². The molecule has 0 fully saturated rings. The van der Waals surface area contributed by atoms with Crippen molar-refractivity contribution in [3.63, 3.8) is 0 Å². The molecule has 0 spiro atoms. The molecule has 0 amide bonds. The van der Waals surface area contributed by atoms with Crippen LogP contribution in [0.15, 0.2) is 24.3 Å². The molecule has 0 aliphatic rings. The lowest BCUT2D eigenvalue weighted by Crippen LogP contribution is -2.25. The molecule has 0 unspecified atom stereocenters. The SMILES string of the molecule is COC(=O)[C@@H](C)OC(=O)c1ccc(O)cc1. The van der Waals surface area contributed by atoms with Crippen molar-refractivity contribution >= 4 is 11.9 Å². The second kappa shape index (κ2) is 5.16. The highest BCUT2D eigenvalue weighted by Gasteiger charge is 2.18. The predicted molar refractivity (Wildman–Crippen MR) is 55.0 cm³/mol. The summed E-state index contributed by atoms with van der Waals surface area (Å²) in [5.41, 5.74) is 0.258. The number of esters is 2. The van der Waals surface area contributed by atoms with Gasteiger partial charge in [-0.15, -0.1) is 0 Å². The lowest BCUT2D eigenvalue weighted by atomic mass is 10.2. The standard InChI is InChI=1S/C11H12O5/c1-7(10(13)15-2)16-11(14)8-3-5-9(12)6-4-8/h3-7,12H,1-2H3/t7-/m1/s1. The number of carbonyl (C=O) groups excluding carboxylic acids is 2. The maximum absolute atomic E-state index is 11.5. The Hall–Kier alpha value is -2.04. The van der Waals surface area contributed by atoms with Crippen LogP contribution < -0.4 is 0 Å². The van der Waals surface area contributed by atoms with Crippen molar-refractivity contribution in [3.05, 3.63) is 29.8 Å². The monoisotopic (exact) mass is 224 g/mol. The lowest BCUT2D eigenvalue weighted by molar-refractivity contribution is -0.149. The first-order valence-corrected chi connectivity index (χ1v) is 4.62. The van der Waals surface area contributed by atoms with Gasteiger partial charge in [0.25, 0.3) is 0 Å². The molecule has 0 bridgehead atoms. The van der Waals surface area contributed by atoms with Crippen molar-refractivity contribution in [1.82, 2.24) is 0 Å². The molecule has 0 aliphatic heterocycles. The van der Waals surface area contributed by atoms with Gasteiger partial charge in [-0.2, -0.15) is 0 Å². The number of aromatic hydroxyl groups is 1. The molecule has 5 nitrogen and oxygen atoms in total. The minimum Gasteiger partial charge on any atom is -0.508 e. The molecule has 0 heterocycles. The van der Waals surface area contributed by atoms with Crippen LogP contribution in [0.2, 0.25) is 0 Å². The molecule has 0 saturated heterocycles. The van der Waals surface area contributed by atoms with E-state index in [1.165, 1.54) is 38.3 Å². The quantitative estimate of drug-likeness (QED) is 0.778. The van der Waals surface area contributed by atoms with Crippen LogP contribution in [0, 0.1) is 0 Å². The summed E-state index contributed by atoms with van der Waals surface area (Å²) in [5, 5.41) is 9.02. The number of methoxy groups -OCH3 is 1. The Kier molecular flexibility index (Phi) is 3.88. The molecule has 1 N–H and O–H groups in total. The summed E-state index contributed by atoms with van der Waals surface area (Å²) in [7, 11) is 1.22. The number of hydrogen-bond donors (Lipinski definition) is 1. The number of phenolic OH excluding ortho intramolecular Hbond substituents is 1. The van der Waals surface area contributed by atoms with Gasteiger partial charge in [0.05, 0.1) is 12.7 Å². The molecule has 1 atom stereocenters. The fourth-order valence-electron chi connectivity index (χ4n) is 1.04. The fraction of sp³-hybridized carbons (Fsp3) is 0.273. The van der Waals surface area contributed by atoms with E-state index in [-0.39, 0.29) is 11.3 Å². The third-order valence-electron chi connectivity index (χ3n) is 1.92. The van der Waals surface area contributed by atoms with E-state index >= 15 is 0 Å². The Bertz CT molecular complexity index is 382. The summed E-state index contributed by atoms with van der Waals surface area (Å²) >= 11 is 0. The van der Waals surface area contributed by atoms with Crippen molar-refractivity contribution in [2.75, 3.05) is 7.11 Å². The van der Waals surface area contributed by atoms with Gasteiger partial charge < -0.3 is 14.6 Å². The number of benzene rings is 1. The minimum atomic E-state index is -0.952. The number of carbonyl (C=O) groups is 2. The molecule has 1 aromatic carbocycles. The summed E-state index contributed by atoms with van der Waals surface area (Å²) in [6.07, 6.45) is -0.952. The molecule has 1 aromatic rings. The second-order valence-corrected chi connectivity index (χ2v) is 3.12. The van der Waals surface area contributed by atoms with Crippen molar-refractivity contribution < 1.29 is 24.2 Å². The summed E-state index contributed by atoms with van der Waals surface area (Å²) in [6, 6.07) is 5.53. The maximum Gasteiger partial charge on any atom is 0.346 e. The van der Waals surface area contributed by atoms with E-state index in [1.807, 2.05) is 0 Å². The first-order chi connectivity index (χ1) is 7.54. The Balaban J connectivity index is 2.65. The van der Waals surface area contributed by atoms with E-state index in [0.717, 1.165) is 0 Å². The topological polar surface area (TPSA) is 72.8 Å². The highest BCUT2D eigenvalue weighted by molar-refractivity contribution is 5.91. The zero-order valence-corrected chi connectivity index (χ0v) is 8.97. The average Bonchev–Trinajstić information content (AvgIpc) is 2.28. The fourth-order valence-corrected chi connectivity index (χ4v) is 1.04. The van der Waals surface area contributed by atoms with Crippen LogP contribution in [-0.2, 0) is 14.3 Å². The van der Waals surface area contributed by atoms with Crippen molar-refractivity contribution in [2.45, 2.75) is 13.0 Å². The molecule has 0 saturated carbocycles. The smallest absolute Gasteiger partial charge is 0.346 e. The summed E-state index contributed by atoms with van der Waals surface area (Å²) in [6.45, 7) is 1.42. The molecule has 0 radical (unpaired) electrons. The Morgan fingerprint density at radius 1 is 1.25 bits per heavy atom. The first-order valence-electron chi connectivity index (χ1n) is 4.62. The number of phenols is 1. The first kappa shape index (κ1) is 12.0. The Labute approximate surface area is 92.6 Å². The van der Waals surface area contributed by atoms with Crippen LogP contribution >= 0.6 is 0 Å². The van der Waals surface area contributed by atoms with Crippen LogP contribution in [-0.4, -0.2) is 30.3 Å². The molecule has 16 heavy (non-hydrogen) atoms. The van der Waals surface area contributed by atoms with Crippen LogP contribution in [0.4, 0.5) is 0 Å². The highest BCUT2D eigenvalue weighted by Crippen LogP contribution is 2.11. The van der Waals surface area contributed by atoms with E-state index < -0.39 is 18.0 Å². The van der Waals surface area contributed by atoms with Gasteiger partial charge in [-0.25, -0.2) is 9.59 Å². The molecular formula is C11H12O5. The van der Waals surface area contributed by atoms with E-state index in [2.05, 4.69) is 4.74 Å². The normalized spacial score (nSPS) is 11.6. The third-order valence-corrected chi connectivity index (χ3v) is 1.92.